The molecule has 4 N–H and O–H groups in total. The second-order valence-electron chi connectivity index (χ2n) is 5.43. The lowest BCUT2D eigenvalue weighted by Gasteiger charge is -2.13. The molecule has 0 amide bonds. The SMILES string of the molecule is COCC#Cc1nn(C2CC(O)C(CCO)O2)c2ncnc(N)c12. The van der Waals surface area contributed by atoms with Gasteiger partial charge in [-0.3, -0.25) is 0 Å². The Morgan fingerprint density at radius 1 is 1.50 bits per heavy atom. The Kier molecular flexibility index (Phi) is 4.92. The lowest BCUT2D eigenvalue weighted by atomic mass is 10.1. The van der Waals surface area contributed by atoms with Crippen LogP contribution in [0.1, 0.15) is 24.8 Å². The Hall–Kier alpha value is -2.25. The van der Waals surface area contributed by atoms with Gasteiger partial charge in [-0.15, -0.1) is 0 Å². The van der Waals surface area contributed by atoms with E-state index in [1.165, 1.54) is 6.33 Å². The van der Waals surface area contributed by atoms with Gasteiger partial charge in [-0.05, 0) is 12.3 Å². The zero-order valence-electron chi connectivity index (χ0n) is 13.2. The Morgan fingerprint density at radius 3 is 3.08 bits per heavy atom. The molecule has 3 atom stereocenters. The second kappa shape index (κ2) is 7.11. The van der Waals surface area contributed by atoms with Gasteiger partial charge in [0.1, 0.15) is 24.4 Å². The summed E-state index contributed by atoms with van der Waals surface area (Å²) in [5, 5.41) is 24.1. The largest absolute Gasteiger partial charge is 0.396 e. The van der Waals surface area contributed by atoms with Crippen LogP contribution in [0.5, 0.6) is 0 Å². The molecule has 128 valence electrons. The van der Waals surface area contributed by atoms with Gasteiger partial charge in [-0.1, -0.05) is 5.92 Å². The Morgan fingerprint density at radius 2 is 2.33 bits per heavy atom. The van der Waals surface area contributed by atoms with E-state index in [-0.39, 0.29) is 19.0 Å². The predicted octanol–water partition coefficient (Wildman–Crippen LogP) is -0.563. The predicted molar refractivity (Wildman–Crippen MR) is 84.7 cm³/mol. The molecule has 0 aliphatic carbocycles. The van der Waals surface area contributed by atoms with Crippen molar-refractivity contribution >= 4 is 16.9 Å². The number of nitrogen functional groups attached to an aromatic ring is 1. The van der Waals surface area contributed by atoms with Crippen LogP contribution in [0.15, 0.2) is 6.33 Å². The quantitative estimate of drug-likeness (QED) is 0.635. The molecule has 9 nitrogen and oxygen atoms in total. The minimum Gasteiger partial charge on any atom is -0.396 e. The van der Waals surface area contributed by atoms with Crippen LogP contribution in [-0.2, 0) is 9.47 Å². The molecule has 1 saturated heterocycles. The Bertz CT molecular complexity index is 781. The van der Waals surface area contributed by atoms with Gasteiger partial charge in [0.15, 0.2) is 11.9 Å². The molecule has 0 radical (unpaired) electrons. The van der Waals surface area contributed by atoms with E-state index in [0.717, 1.165) is 0 Å². The topological polar surface area (TPSA) is 129 Å². The van der Waals surface area contributed by atoms with Crippen LogP contribution in [-0.4, -0.2) is 62.5 Å². The van der Waals surface area contributed by atoms with Gasteiger partial charge in [0.05, 0.1) is 17.6 Å². The zero-order chi connectivity index (χ0) is 17.1. The number of aliphatic hydroxyl groups is 2. The summed E-state index contributed by atoms with van der Waals surface area (Å²) < 4.78 is 12.3. The summed E-state index contributed by atoms with van der Waals surface area (Å²) in [5.41, 5.74) is 6.87. The molecule has 9 heteroatoms. The van der Waals surface area contributed by atoms with Crippen LogP contribution in [0.25, 0.3) is 11.0 Å². The molecule has 2 aromatic rings. The first-order chi connectivity index (χ1) is 11.7. The molecule has 2 aromatic heterocycles. The minimum atomic E-state index is -0.677. The third-order valence-corrected chi connectivity index (χ3v) is 3.83. The molecule has 0 saturated carbocycles. The first kappa shape index (κ1) is 16.6. The molecule has 0 aromatic carbocycles. The first-order valence-electron chi connectivity index (χ1n) is 7.56. The average Bonchev–Trinajstić information content (AvgIpc) is 3.10. The van der Waals surface area contributed by atoms with Crippen LogP contribution in [0.3, 0.4) is 0 Å². The van der Waals surface area contributed by atoms with E-state index in [1.807, 2.05) is 0 Å². The summed E-state index contributed by atoms with van der Waals surface area (Å²) in [5.74, 6) is 6.00. The minimum absolute atomic E-state index is 0.0584. The van der Waals surface area contributed by atoms with Gasteiger partial charge in [0.25, 0.3) is 0 Å². The second-order valence-corrected chi connectivity index (χ2v) is 5.43. The van der Waals surface area contributed by atoms with Crippen molar-refractivity contribution in [2.75, 3.05) is 26.1 Å². The molecule has 24 heavy (non-hydrogen) atoms. The normalized spacial score (nSPS) is 23.4. The molecular weight excluding hydrogens is 314 g/mol. The Balaban J connectivity index is 2.00. The maximum Gasteiger partial charge on any atom is 0.167 e. The van der Waals surface area contributed by atoms with Gasteiger partial charge >= 0.3 is 0 Å². The summed E-state index contributed by atoms with van der Waals surface area (Å²) in [7, 11) is 1.55. The van der Waals surface area contributed by atoms with Crippen molar-refractivity contribution in [3.63, 3.8) is 0 Å². The Labute approximate surface area is 138 Å². The summed E-state index contributed by atoms with van der Waals surface area (Å²) >= 11 is 0. The van der Waals surface area contributed by atoms with E-state index in [2.05, 4.69) is 26.9 Å². The number of nitrogens with two attached hydrogens (primary N) is 1. The number of anilines is 1. The van der Waals surface area contributed by atoms with Crippen molar-refractivity contribution in [3.05, 3.63) is 12.0 Å². The van der Waals surface area contributed by atoms with Crippen molar-refractivity contribution in [1.82, 2.24) is 19.7 Å². The number of rotatable bonds is 4. The van der Waals surface area contributed by atoms with Gasteiger partial charge in [0.2, 0.25) is 0 Å². The van der Waals surface area contributed by atoms with Crippen molar-refractivity contribution < 1.29 is 19.7 Å². The number of aliphatic hydroxyl groups excluding tert-OH is 2. The molecular formula is C15H19N5O4. The maximum atomic E-state index is 10.1. The van der Waals surface area contributed by atoms with Crippen LogP contribution >= 0.6 is 0 Å². The number of aromatic nitrogens is 4. The molecule has 3 heterocycles. The maximum absolute atomic E-state index is 10.1. The van der Waals surface area contributed by atoms with Crippen LogP contribution in [0.4, 0.5) is 5.82 Å². The fraction of sp³-hybridized carbons (Fsp3) is 0.533. The van der Waals surface area contributed by atoms with Gasteiger partial charge in [-0.25, -0.2) is 14.6 Å². The standard InChI is InChI=1S/C15H19N5O4/c1-23-6-2-3-9-13-14(16)17-8-18-15(13)20(19-9)12-7-10(22)11(24-12)4-5-21/h8,10-12,21-22H,4-7H2,1H3,(H2,16,17,18). The van der Waals surface area contributed by atoms with Crippen LogP contribution < -0.4 is 5.73 Å². The number of fused-ring (bicyclic) bond motifs is 1. The van der Waals surface area contributed by atoms with Crippen LogP contribution in [0, 0.1) is 11.8 Å². The summed E-state index contributed by atoms with van der Waals surface area (Å²) in [4.78, 5) is 8.22. The summed E-state index contributed by atoms with van der Waals surface area (Å²) in [6, 6.07) is 0. The fourth-order valence-corrected chi connectivity index (χ4v) is 2.73. The van der Waals surface area contributed by atoms with Crippen molar-refractivity contribution in [3.8, 4) is 11.8 Å². The highest BCUT2D eigenvalue weighted by Gasteiger charge is 2.36. The molecule has 0 bridgehead atoms. The van der Waals surface area contributed by atoms with E-state index < -0.39 is 18.4 Å². The van der Waals surface area contributed by atoms with Crippen molar-refractivity contribution in [2.45, 2.75) is 31.3 Å². The van der Waals surface area contributed by atoms with E-state index in [0.29, 0.717) is 29.6 Å². The molecule has 1 fully saturated rings. The van der Waals surface area contributed by atoms with Crippen molar-refractivity contribution in [2.24, 2.45) is 0 Å². The highest BCUT2D eigenvalue weighted by Crippen LogP contribution is 2.33. The van der Waals surface area contributed by atoms with Crippen LogP contribution in [0.2, 0.25) is 0 Å². The van der Waals surface area contributed by atoms with E-state index in [1.54, 1.807) is 11.8 Å². The third-order valence-electron chi connectivity index (χ3n) is 3.83. The molecule has 0 spiro atoms. The summed E-state index contributed by atoms with van der Waals surface area (Å²) in [6.07, 6.45) is 0.417. The number of nitrogens with zero attached hydrogens (tertiary/aromatic N) is 4. The van der Waals surface area contributed by atoms with Gasteiger partial charge < -0.3 is 25.4 Å². The van der Waals surface area contributed by atoms with E-state index >= 15 is 0 Å². The van der Waals surface area contributed by atoms with E-state index in [9.17, 15) is 5.11 Å². The lowest BCUT2D eigenvalue weighted by molar-refractivity contribution is -0.0320. The van der Waals surface area contributed by atoms with Gasteiger partial charge in [0, 0.05) is 20.1 Å². The fourth-order valence-electron chi connectivity index (χ4n) is 2.73. The lowest BCUT2D eigenvalue weighted by Crippen LogP contribution is -2.21. The highest BCUT2D eigenvalue weighted by atomic mass is 16.5. The van der Waals surface area contributed by atoms with Gasteiger partial charge in [-0.2, -0.15) is 5.10 Å². The third kappa shape index (κ3) is 3.05. The highest BCUT2D eigenvalue weighted by molar-refractivity contribution is 5.90. The average molecular weight is 333 g/mol. The van der Waals surface area contributed by atoms with Crippen molar-refractivity contribution in [1.29, 1.82) is 0 Å². The first-order valence-corrected chi connectivity index (χ1v) is 7.56. The van der Waals surface area contributed by atoms with E-state index in [4.69, 9.17) is 20.3 Å². The monoisotopic (exact) mass is 333 g/mol. The molecule has 1 aliphatic rings. The zero-order valence-corrected chi connectivity index (χ0v) is 13.2. The molecule has 1 aliphatic heterocycles. The number of methoxy groups -OCH3 is 1. The number of ether oxygens (including phenoxy) is 2. The summed E-state index contributed by atoms with van der Waals surface area (Å²) in [6.45, 7) is 0.205. The number of hydrogen-bond acceptors (Lipinski definition) is 8. The molecule has 3 unspecified atom stereocenters. The smallest absolute Gasteiger partial charge is 0.167 e. The molecule has 3 rings (SSSR count). The number of hydrogen-bond donors (Lipinski definition) is 3.